The zero-order chi connectivity index (χ0) is 24.6. The van der Waals surface area contributed by atoms with E-state index in [1.165, 1.54) is 21.3 Å². The number of benzene rings is 1. The predicted octanol–water partition coefficient (Wildman–Crippen LogP) is 3.44. The Labute approximate surface area is 192 Å². The minimum absolute atomic E-state index is 0.0508. The number of nitrogens with zero attached hydrogens (tertiary/aromatic N) is 2. The molecular weight excluding hydrogens is 461 g/mol. The van der Waals surface area contributed by atoms with Gasteiger partial charge in [-0.15, -0.1) is 0 Å². The van der Waals surface area contributed by atoms with Crippen molar-refractivity contribution < 1.29 is 35.9 Å². The summed E-state index contributed by atoms with van der Waals surface area (Å²) in [6.07, 6.45) is -2.50. The molecule has 7 nitrogen and oxygen atoms in total. The fourth-order valence-corrected chi connectivity index (χ4v) is 5.37. The Morgan fingerprint density at radius 3 is 2.24 bits per heavy atom. The van der Waals surface area contributed by atoms with E-state index >= 15 is 0 Å². The Balaban J connectivity index is 2.09. The lowest BCUT2D eigenvalue weighted by Crippen LogP contribution is -2.46. The highest BCUT2D eigenvalue weighted by molar-refractivity contribution is 7.89. The third kappa shape index (κ3) is 7.99. The molecular formula is C22H31F3N2O5S. The standard InChI is InChI=1S/C22H31F3N2O5S/c1-3-5-14-33(30,31)27-12-10-18(11-13-27)21(29)26(16-20(28)32-4-2)15-17-6-8-19(9-7-17)22(23,24)25/h6-9,18H,3-5,10-16H2,1-2H3. The number of hydrogen-bond donors (Lipinski definition) is 0. The summed E-state index contributed by atoms with van der Waals surface area (Å²) in [5, 5.41) is 0. The molecule has 0 aromatic heterocycles. The topological polar surface area (TPSA) is 84.0 Å². The van der Waals surface area contributed by atoms with Crippen LogP contribution in [-0.2, 0) is 37.1 Å². The molecule has 2 rings (SSSR count). The first kappa shape index (κ1) is 27.1. The van der Waals surface area contributed by atoms with E-state index in [0.717, 1.165) is 18.6 Å². The highest BCUT2D eigenvalue weighted by Gasteiger charge is 2.34. The van der Waals surface area contributed by atoms with Gasteiger partial charge in [0.2, 0.25) is 15.9 Å². The van der Waals surface area contributed by atoms with Gasteiger partial charge in [0, 0.05) is 25.6 Å². The number of halogens is 3. The summed E-state index contributed by atoms with van der Waals surface area (Å²) in [5.74, 6) is -1.36. The van der Waals surface area contributed by atoms with Crippen molar-refractivity contribution in [1.29, 1.82) is 0 Å². The summed E-state index contributed by atoms with van der Waals surface area (Å²) < 4.78 is 69.6. The van der Waals surface area contributed by atoms with Crippen LogP contribution in [-0.4, -0.2) is 61.5 Å². The zero-order valence-corrected chi connectivity index (χ0v) is 19.8. The molecule has 1 saturated heterocycles. The third-order valence-corrected chi connectivity index (χ3v) is 7.50. The number of ether oxygens (including phenoxy) is 1. The van der Waals surface area contributed by atoms with Crippen molar-refractivity contribution in [1.82, 2.24) is 9.21 Å². The van der Waals surface area contributed by atoms with Crippen LogP contribution >= 0.6 is 0 Å². The number of carbonyl (C=O) groups is 2. The van der Waals surface area contributed by atoms with Crippen LogP contribution in [0.5, 0.6) is 0 Å². The van der Waals surface area contributed by atoms with Crippen molar-refractivity contribution in [2.24, 2.45) is 5.92 Å². The molecule has 33 heavy (non-hydrogen) atoms. The van der Waals surface area contributed by atoms with Gasteiger partial charge in [-0.2, -0.15) is 13.2 Å². The monoisotopic (exact) mass is 492 g/mol. The van der Waals surface area contributed by atoms with Gasteiger partial charge in [0.05, 0.1) is 17.9 Å². The van der Waals surface area contributed by atoms with Crippen molar-refractivity contribution in [2.75, 3.05) is 32.0 Å². The lowest BCUT2D eigenvalue weighted by Gasteiger charge is -2.33. The molecule has 1 fully saturated rings. The number of amides is 1. The summed E-state index contributed by atoms with van der Waals surface area (Å²) in [5.41, 5.74) is -0.355. The van der Waals surface area contributed by atoms with E-state index < -0.39 is 33.7 Å². The number of rotatable bonds is 10. The van der Waals surface area contributed by atoms with Gasteiger partial charge in [0.1, 0.15) is 6.54 Å². The van der Waals surface area contributed by atoms with Gasteiger partial charge in [-0.1, -0.05) is 25.5 Å². The van der Waals surface area contributed by atoms with Crippen molar-refractivity contribution >= 4 is 21.9 Å². The van der Waals surface area contributed by atoms with Crippen LogP contribution in [0.3, 0.4) is 0 Å². The average Bonchev–Trinajstić information content (AvgIpc) is 2.77. The second-order valence-electron chi connectivity index (χ2n) is 8.04. The van der Waals surface area contributed by atoms with Crippen molar-refractivity contribution in [3.8, 4) is 0 Å². The summed E-state index contributed by atoms with van der Waals surface area (Å²) in [6, 6.07) is 4.42. The van der Waals surface area contributed by atoms with Gasteiger partial charge in [-0.3, -0.25) is 9.59 Å². The molecule has 11 heteroatoms. The van der Waals surface area contributed by atoms with Crippen LogP contribution < -0.4 is 0 Å². The van der Waals surface area contributed by atoms with Crippen molar-refractivity contribution in [3.63, 3.8) is 0 Å². The first-order valence-electron chi connectivity index (χ1n) is 11.1. The van der Waals surface area contributed by atoms with Gasteiger partial charge < -0.3 is 9.64 Å². The largest absolute Gasteiger partial charge is 0.465 e. The Kier molecular flexibility index (Phi) is 9.71. The summed E-state index contributed by atoms with van der Waals surface area (Å²) in [7, 11) is -3.36. The lowest BCUT2D eigenvalue weighted by atomic mass is 9.96. The highest BCUT2D eigenvalue weighted by atomic mass is 32.2. The fourth-order valence-electron chi connectivity index (χ4n) is 3.69. The number of unbranched alkanes of at least 4 members (excludes halogenated alkanes) is 1. The average molecular weight is 493 g/mol. The van der Waals surface area contributed by atoms with Gasteiger partial charge in [0.15, 0.2) is 0 Å². The maximum atomic E-state index is 13.2. The summed E-state index contributed by atoms with van der Waals surface area (Å²) in [6.45, 7) is 3.73. The van der Waals surface area contributed by atoms with E-state index in [-0.39, 0.29) is 44.4 Å². The van der Waals surface area contributed by atoms with E-state index in [0.29, 0.717) is 24.8 Å². The Morgan fingerprint density at radius 2 is 1.73 bits per heavy atom. The number of hydrogen-bond acceptors (Lipinski definition) is 5. The Bertz CT molecular complexity index is 896. The van der Waals surface area contributed by atoms with Crippen LogP contribution in [0.2, 0.25) is 0 Å². The van der Waals surface area contributed by atoms with Gasteiger partial charge in [-0.25, -0.2) is 12.7 Å². The maximum absolute atomic E-state index is 13.2. The van der Waals surface area contributed by atoms with Crippen molar-refractivity contribution in [3.05, 3.63) is 35.4 Å². The number of piperidine rings is 1. The van der Waals surface area contributed by atoms with E-state index in [1.807, 2.05) is 6.92 Å². The number of esters is 1. The number of sulfonamides is 1. The minimum Gasteiger partial charge on any atom is -0.465 e. The van der Waals surface area contributed by atoms with Crippen LogP contribution in [0.1, 0.15) is 50.7 Å². The van der Waals surface area contributed by atoms with Gasteiger partial charge in [-0.05, 0) is 43.9 Å². The molecule has 1 aromatic carbocycles. The normalized spacial score (nSPS) is 15.9. The van der Waals surface area contributed by atoms with Crippen LogP contribution in [0.15, 0.2) is 24.3 Å². The zero-order valence-electron chi connectivity index (χ0n) is 18.9. The molecule has 1 amide bonds. The fraction of sp³-hybridized carbons (Fsp3) is 0.636. The molecule has 1 aliphatic rings. The quantitative estimate of drug-likeness (QED) is 0.467. The highest BCUT2D eigenvalue weighted by Crippen LogP contribution is 2.29. The second kappa shape index (κ2) is 11.8. The first-order chi connectivity index (χ1) is 15.5. The van der Waals surface area contributed by atoms with Gasteiger partial charge in [0.25, 0.3) is 0 Å². The summed E-state index contributed by atoms with van der Waals surface area (Å²) in [4.78, 5) is 26.5. The lowest BCUT2D eigenvalue weighted by molar-refractivity contribution is -0.151. The molecule has 0 aliphatic carbocycles. The SMILES string of the molecule is CCCCS(=O)(=O)N1CCC(C(=O)N(CC(=O)OCC)Cc2ccc(C(F)(F)F)cc2)CC1. The molecule has 0 saturated carbocycles. The molecule has 0 atom stereocenters. The molecule has 1 heterocycles. The molecule has 1 aliphatic heterocycles. The smallest absolute Gasteiger partial charge is 0.416 e. The maximum Gasteiger partial charge on any atom is 0.416 e. The van der Waals surface area contributed by atoms with Crippen LogP contribution in [0.4, 0.5) is 13.2 Å². The van der Waals surface area contributed by atoms with E-state index in [2.05, 4.69) is 0 Å². The summed E-state index contributed by atoms with van der Waals surface area (Å²) >= 11 is 0. The van der Waals surface area contributed by atoms with Crippen molar-refractivity contribution in [2.45, 2.75) is 52.3 Å². The molecule has 1 aromatic rings. The molecule has 0 spiro atoms. The predicted molar refractivity (Wildman–Crippen MR) is 116 cm³/mol. The van der Waals surface area contributed by atoms with Gasteiger partial charge >= 0.3 is 12.1 Å². The molecule has 0 unspecified atom stereocenters. The van der Waals surface area contributed by atoms with E-state index in [4.69, 9.17) is 4.74 Å². The van der Waals surface area contributed by atoms with Crippen LogP contribution in [0.25, 0.3) is 0 Å². The van der Waals surface area contributed by atoms with Crippen LogP contribution in [0, 0.1) is 5.92 Å². The second-order valence-corrected chi connectivity index (χ2v) is 10.1. The Morgan fingerprint density at radius 1 is 1.12 bits per heavy atom. The first-order valence-corrected chi connectivity index (χ1v) is 12.7. The number of carbonyl (C=O) groups excluding carboxylic acids is 2. The molecule has 186 valence electrons. The molecule has 0 N–H and O–H groups in total. The van der Waals surface area contributed by atoms with E-state index in [9.17, 15) is 31.2 Å². The minimum atomic E-state index is -4.47. The van der Waals surface area contributed by atoms with E-state index in [1.54, 1.807) is 6.92 Å². The Hall–Kier alpha value is -2.14. The molecule has 0 radical (unpaired) electrons. The number of alkyl halides is 3. The molecule has 0 bridgehead atoms. The third-order valence-electron chi connectivity index (χ3n) is 5.54.